The number of halogens is 1. The average molecular weight is 424 g/mol. The van der Waals surface area contributed by atoms with Crippen LogP contribution >= 0.6 is 39.9 Å². The molecule has 0 aliphatic carbocycles. The predicted molar refractivity (Wildman–Crippen MR) is 103 cm³/mol. The van der Waals surface area contributed by atoms with Crippen molar-refractivity contribution >= 4 is 56.2 Å². The molecule has 0 spiro atoms. The molecule has 1 aromatic heterocycles. The third kappa shape index (κ3) is 3.91. The second-order valence-corrected chi connectivity index (χ2v) is 7.53. The molecule has 1 aliphatic heterocycles. The van der Waals surface area contributed by atoms with Gasteiger partial charge in [-0.15, -0.1) is 0 Å². The molecule has 1 amide bonds. The number of thioether (sulfide) groups is 1. The number of rotatable bonds is 5. The molecule has 1 aliphatic rings. The van der Waals surface area contributed by atoms with Crippen molar-refractivity contribution in [3.05, 3.63) is 57.3 Å². The molecule has 0 bridgehead atoms. The van der Waals surface area contributed by atoms with E-state index in [9.17, 15) is 4.79 Å². The monoisotopic (exact) mass is 423 g/mol. The number of carbonyl (C=O) groups excluding carboxylic acids is 1. The van der Waals surface area contributed by atoms with Gasteiger partial charge in [0.25, 0.3) is 5.91 Å². The number of hydrogen-bond acceptors (Lipinski definition) is 5. The molecule has 0 N–H and O–H groups in total. The zero-order valence-electron chi connectivity index (χ0n) is 12.8. The maximum absolute atomic E-state index is 12.5. The summed E-state index contributed by atoms with van der Waals surface area (Å²) in [6.45, 7) is 0.552. The number of nitrogens with zero attached hydrogens (tertiary/aromatic N) is 1. The first-order valence-electron chi connectivity index (χ1n) is 7.20. The molecule has 0 saturated carbocycles. The van der Waals surface area contributed by atoms with E-state index in [1.165, 1.54) is 11.8 Å². The van der Waals surface area contributed by atoms with Crippen LogP contribution in [-0.4, -0.2) is 28.8 Å². The number of ether oxygens (including phenoxy) is 1. The van der Waals surface area contributed by atoms with Crippen LogP contribution in [0, 0.1) is 0 Å². The molecule has 1 saturated heterocycles. The normalized spacial score (nSPS) is 16.2. The summed E-state index contributed by atoms with van der Waals surface area (Å²) in [6.07, 6.45) is 2.45. The summed E-state index contributed by atoms with van der Waals surface area (Å²) < 4.78 is 11.8. The van der Waals surface area contributed by atoms with Gasteiger partial charge < -0.3 is 9.15 Å². The largest absolute Gasteiger partial charge is 0.497 e. The lowest BCUT2D eigenvalue weighted by molar-refractivity contribution is -0.122. The molecule has 124 valence electrons. The molecule has 24 heavy (non-hydrogen) atoms. The smallest absolute Gasteiger partial charge is 0.266 e. The number of furan rings is 1. The highest BCUT2D eigenvalue weighted by Gasteiger charge is 2.31. The molecule has 1 fully saturated rings. The minimum absolute atomic E-state index is 0.0777. The molecule has 2 aromatic rings. The predicted octanol–water partition coefficient (Wildman–Crippen LogP) is 4.49. The van der Waals surface area contributed by atoms with Crippen LogP contribution in [0.15, 0.2) is 50.4 Å². The lowest BCUT2D eigenvalue weighted by Gasteiger charge is -2.14. The van der Waals surface area contributed by atoms with E-state index in [4.69, 9.17) is 21.4 Å². The van der Waals surface area contributed by atoms with Crippen LogP contribution in [0.5, 0.6) is 5.75 Å². The summed E-state index contributed by atoms with van der Waals surface area (Å²) in [5, 5.41) is 0. The van der Waals surface area contributed by atoms with Crippen LogP contribution in [0.2, 0.25) is 0 Å². The van der Waals surface area contributed by atoms with Gasteiger partial charge in [-0.1, -0.05) is 36.1 Å². The molecular formula is C17H14BrNO3S2. The van der Waals surface area contributed by atoms with Crippen LogP contribution in [0.25, 0.3) is 6.08 Å². The fourth-order valence-corrected chi connectivity index (χ4v) is 3.87. The minimum atomic E-state index is -0.0777. The van der Waals surface area contributed by atoms with Crippen molar-refractivity contribution in [2.45, 2.75) is 6.42 Å². The number of benzene rings is 1. The topological polar surface area (TPSA) is 42.7 Å². The Hall–Kier alpha value is -1.57. The van der Waals surface area contributed by atoms with E-state index in [2.05, 4.69) is 15.9 Å². The lowest BCUT2D eigenvalue weighted by atomic mass is 10.1. The van der Waals surface area contributed by atoms with Gasteiger partial charge in [-0.25, -0.2) is 0 Å². The second-order valence-electron chi connectivity index (χ2n) is 5.07. The summed E-state index contributed by atoms with van der Waals surface area (Å²) in [6, 6.07) is 11.4. The van der Waals surface area contributed by atoms with Crippen molar-refractivity contribution in [3.63, 3.8) is 0 Å². The van der Waals surface area contributed by atoms with Gasteiger partial charge >= 0.3 is 0 Å². The van der Waals surface area contributed by atoms with Crippen molar-refractivity contribution in [2.75, 3.05) is 13.7 Å². The number of carbonyl (C=O) groups is 1. The Balaban J connectivity index is 1.66. The van der Waals surface area contributed by atoms with Crippen LogP contribution in [0.4, 0.5) is 0 Å². The van der Waals surface area contributed by atoms with Crippen LogP contribution < -0.4 is 4.74 Å². The van der Waals surface area contributed by atoms with Gasteiger partial charge in [-0.05, 0) is 52.2 Å². The van der Waals surface area contributed by atoms with E-state index in [1.807, 2.05) is 24.3 Å². The highest BCUT2D eigenvalue weighted by Crippen LogP contribution is 2.33. The first kappa shape index (κ1) is 17.3. The van der Waals surface area contributed by atoms with E-state index in [0.29, 0.717) is 26.2 Å². The van der Waals surface area contributed by atoms with Crippen molar-refractivity contribution in [1.82, 2.24) is 4.90 Å². The van der Waals surface area contributed by atoms with Crippen LogP contribution in [0.1, 0.15) is 11.3 Å². The van der Waals surface area contributed by atoms with Gasteiger partial charge in [-0.2, -0.15) is 0 Å². The van der Waals surface area contributed by atoms with Crippen molar-refractivity contribution in [3.8, 4) is 5.75 Å². The van der Waals surface area contributed by atoms with Crippen LogP contribution in [0.3, 0.4) is 0 Å². The number of amides is 1. The van der Waals surface area contributed by atoms with Gasteiger partial charge in [0, 0.05) is 12.6 Å². The molecule has 2 heterocycles. The Morgan fingerprint density at radius 3 is 2.67 bits per heavy atom. The Kier molecular flexibility index (Phi) is 5.43. The molecule has 0 atom stereocenters. The quantitative estimate of drug-likeness (QED) is 0.523. The van der Waals surface area contributed by atoms with Gasteiger partial charge in [0.2, 0.25) is 0 Å². The average Bonchev–Trinajstić information content (AvgIpc) is 3.10. The lowest BCUT2D eigenvalue weighted by Crippen LogP contribution is -2.30. The third-order valence-electron chi connectivity index (χ3n) is 3.52. The fourth-order valence-electron chi connectivity index (χ4n) is 2.26. The Morgan fingerprint density at radius 1 is 1.29 bits per heavy atom. The fraction of sp³-hybridized carbons (Fsp3) is 0.176. The van der Waals surface area contributed by atoms with Crippen molar-refractivity contribution in [1.29, 1.82) is 0 Å². The summed E-state index contributed by atoms with van der Waals surface area (Å²) >= 11 is 9.89. The summed E-state index contributed by atoms with van der Waals surface area (Å²) in [7, 11) is 1.64. The molecule has 1 aromatic carbocycles. The zero-order chi connectivity index (χ0) is 17.1. The summed E-state index contributed by atoms with van der Waals surface area (Å²) in [5.74, 6) is 1.36. The maximum Gasteiger partial charge on any atom is 0.266 e. The number of methoxy groups -OCH3 is 1. The van der Waals surface area contributed by atoms with E-state index in [0.717, 1.165) is 17.7 Å². The first-order valence-corrected chi connectivity index (χ1v) is 9.22. The maximum atomic E-state index is 12.5. The molecule has 0 unspecified atom stereocenters. The molecular weight excluding hydrogens is 410 g/mol. The minimum Gasteiger partial charge on any atom is -0.497 e. The highest BCUT2D eigenvalue weighted by atomic mass is 79.9. The molecule has 3 rings (SSSR count). The van der Waals surface area contributed by atoms with Crippen LogP contribution in [-0.2, 0) is 11.2 Å². The first-order chi connectivity index (χ1) is 11.6. The Morgan fingerprint density at radius 2 is 2.04 bits per heavy atom. The second kappa shape index (κ2) is 7.55. The standard InChI is InChI=1S/C17H14BrNO3S2/c1-21-12-4-2-11(3-5-12)8-9-19-16(20)14(24-17(19)23)10-13-6-7-15(18)22-13/h2-7,10H,8-9H2,1H3. The van der Waals surface area contributed by atoms with Gasteiger partial charge in [0.15, 0.2) is 4.67 Å². The third-order valence-corrected chi connectivity index (χ3v) is 5.33. The van der Waals surface area contributed by atoms with E-state index in [1.54, 1.807) is 30.2 Å². The van der Waals surface area contributed by atoms with E-state index in [-0.39, 0.29) is 5.91 Å². The van der Waals surface area contributed by atoms with E-state index < -0.39 is 0 Å². The Labute approximate surface area is 158 Å². The van der Waals surface area contributed by atoms with E-state index >= 15 is 0 Å². The summed E-state index contributed by atoms with van der Waals surface area (Å²) in [4.78, 5) is 14.7. The Bertz CT molecular complexity index is 798. The van der Waals surface area contributed by atoms with Gasteiger partial charge in [0.1, 0.15) is 15.8 Å². The zero-order valence-corrected chi connectivity index (χ0v) is 16.0. The highest BCUT2D eigenvalue weighted by molar-refractivity contribution is 9.10. The van der Waals surface area contributed by atoms with Gasteiger partial charge in [-0.3, -0.25) is 9.69 Å². The molecule has 4 nitrogen and oxygen atoms in total. The van der Waals surface area contributed by atoms with Crippen molar-refractivity contribution < 1.29 is 13.9 Å². The van der Waals surface area contributed by atoms with Gasteiger partial charge in [0.05, 0.1) is 12.0 Å². The summed E-state index contributed by atoms with van der Waals surface area (Å²) in [5.41, 5.74) is 1.13. The number of thiocarbonyl (C=S) groups is 1. The SMILES string of the molecule is COc1ccc(CCN2C(=O)C(=Cc3ccc(Br)o3)SC2=S)cc1. The number of hydrogen-bond donors (Lipinski definition) is 0. The van der Waals surface area contributed by atoms with Crippen molar-refractivity contribution in [2.24, 2.45) is 0 Å². The molecule has 7 heteroatoms. The molecule has 0 radical (unpaired) electrons.